The molecule has 2 aromatic carbocycles. The van der Waals surface area contributed by atoms with E-state index in [1.807, 2.05) is 43.3 Å². The Kier molecular flexibility index (Phi) is 22.2. The number of hydrogen-bond acceptors (Lipinski definition) is 10. The Labute approximate surface area is 351 Å². The average molecular weight is 827 g/mol. The van der Waals surface area contributed by atoms with Crippen LogP contribution in [0, 0.1) is 5.92 Å². The Bertz CT molecular complexity index is 1560. The van der Waals surface area contributed by atoms with Crippen molar-refractivity contribution in [2.75, 3.05) is 47.9 Å². The second-order valence-corrected chi connectivity index (χ2v) is 21.7. The largest absolute Gasteiger partial charge is 0.497 e. The third-order valence-electron chi connectivity index (χ3n) is 11.1. The van der Waals surface area contributed by atoms with E-state index in [0.29, 0.717) is 45.7 Å². The van der Waals surface area contributed by atoms with Gasteiger partial charge in [0.15, 0.2) is 8.32 Å². The molecule has 2 aromatic rings. The van der Waals surface area contributed by atoms with Gasteiger partial charge in [0.05, 0.1) is 52.9 Å². The molecule has 10 nitrogen and oxygen atoms in total. The van der Waals surface area contributed by atoms with Gasteiger partial charge in [-0.1, -0.05) is 97.0 Å². The van der Waals surface area contributed by atoms with Gasteiger partial charge in [0, 0.05) is 43.8 Å². The third-order valence-corrected chi connectivity index (χ3v) is 15.7. The maximum atomic E-state index is 13.2. The number of hydrogen-bond donors (Lipinski definition) is 0. The lowest BCUT2D eigenvalue weighted by molar-refractivity contribution is -0.154. The summed E-state index contributed by atoms with van der Waals surface area (Å²) in [5, 5.41) is -0.0668. The second kappa shape index (κ2) is 25.3. The molecule has 0 radical (unpaired) electrons. The van der Waals surface area contributed by atoms with Crippen LogP contribution in [0.4, 0.5) is 0 Å². The fourth-order valence-electron chi connectivity index (χ4n) is 6.17. The Morgan fingerprint density at radius 1 is 0.879 bits per heavy atom. The summed E-state index contributed by atoms with van der Waals surface area (Å²) in [6, 6.07) is 16.2. The van der Waals surface area contributed by atoms with Crippen molar-refractivity contribution >= 4 is 20.3 Å². The van der Waals surface area contributed by atoms with Gasteiger partial charge in [0.2, 0.25) is 0 Å². The Morgan fingerprint density at radius 3 is 2.19 bits per heavy atom. The van der Waals surface area contributed by atoms with Crippen molar-refractivity contribution in [2.24, 2.45) is 5.92 Å². The number of carbonyl (C=O) groups excluding carboxylic acids is 2. The molecule has 0 amide bonds. The van der Waals surface area contributed by atoms with Gasteiger partial charge in [-0.2, -0.15) is 0 Å². The van der Waals surface area contributed by atoms with E-state index in [1.54, 1.807) is 20.3 Å². The quantitative estimate of drug-likeness (QED) is 0.0216. The van der Waals surface area contributed by atoms with Crippen molar-refractivity contribution in [3.05, 3.63) is 89.0 Å². The van der Waals surface area contributed by atoms with Crippen LogP contribution in [0.15, 0.2) is 72.3 Å². The number of rotatable bonds is 27. The zero-order chi connectivity index (χ0) is 43.4. The molecule has 0 fully saturated rings. The second-order valence-electron chi connectivity index (χ2n) is 17.0. The molecule has 0 aliphatic rings. The lowest BCUT2D eigenvalue weighted by Crippen LogP contribution is -2.48. The summed E-state index contributed by atoms with van der Waals surface area (Å²) in [5.74, 6) is 0.273. The molecule has 0 aliphatic heterocycles. The summed E-state index contributed by atoms with van der Waals surface area (Å²) >= 11 is 0. The van der Waals surface area contributed by atoms with Crippen LogP contribution < -0.4 is 4.74 Å². The smallest absolute Gasteiger partial charge is 0.330 e. The predicted octanol–water partition coefficient (Wildman–Crippen LogP) is 9.93. The predicted molar refractivity (Wildman–Crippen MR) is 234 cm³/mol. The average Bonchev–Trinajstić information content (AvgIpc) is 3.19. The zero-order valence-electron chi connectivity index (χ0n) is 37.8. The molecule has 0 N–H and O–H groups in total. The minimum absolute atomic E-state index is 0.0668. The number of esters is 2. The van der Waals surface area contributed by atoms with Crippen LogP contribution in [0.2, 0.25) is 18.1 Å². The van der Waals surface area contributed by atoms with Crippen molar-refractivity contribution in [3.63, 3.8) is 0 Å². The number of ether oxygens (including phenoxy) is 7. The molecule has 58 heavy (non-hydrogen) atoms. The minimum Gasteiger partial charge on any atom is -0.497 e. The standard InChI is InChI=1S/C47H74O10Si/c1-14-36(32-54-34-53-27-26-50-9)28-35(3)42(55-33-38-22-24-40(51-10)25-23-38)30-41(57-58(12,13)46(4,5)6)31-43(56-44(48)15-2)47(7,8)39-20-16-18-37(29-39)19-17-21-45(49)52-11/h16-18,20-25,28-29,36,41-43H,14-15,19,26-27,30-34H2,1-13H3. The number of carbonyl (C=O) groups is 2. The van der Waals surface area contributed by atoms with Crippen molar-refractivity contribution in [1.82, 2.24) is 0 Å². The van der Waals surface area contributed by atoms with Gasteiger partial charge in [-0.3, -0.25) is 4.79 Å². The van der Waals surface area contributed by atoms with Crippen LogP contribution in [0.25, 0.3) is 0 Å². The first-order valence-corrected chi connectivity index (χ1v) is 23.6. The molecule has 0 heterocycles. The maximum Gasteiger partial charge on any atom is 0.330 e. The summed E-state index contributed by atoms with van der Waals surface area (Å²) < 4.78 is 47.2. The van der Waals surface area contributed by atoms with E-state index in [4.69, 9.17) is 37.6 Å². The summed E-state index contributed by atoms with van der Waals surface area (Å²) in [4.78, 5) is 24.9. The number of allylic oxidation sites excluding steroid dienone is 1. The molecule has 0 saturated carbocycles. The summed E-state index contributed by atoms with van der Waals surface area (Å²) in [7, 11) is 2.32. The SMILES string of the molecule is CCC(=O)OC(CC(CC(OCc1ccc(OC)cc1)C(C)=CC(CC)COCOCCOC)O[Si](C)(C)C(C)(C)C)C(C)(C)c1cccc(CC=CC(=O)OC)c1. The van der Waals surface area contributed by atoms with E-state index in [1.165, 1.54) is 13.2 Å². The van der Waals surface area contributed by atoms with Gasteiger partial charge >= 0.3 is 11.9 Å². The third kappa shape index (κ3) is 17.5. The van der Waals surface area contributed by atoms with Gasteiger partial charge in [-0.25, -0.2) is 4.79 Å². The van der Waals surface area contributed by atoms with Crippen LogP contribution in [0.5, 0.6) is 5.75 Å². The van der Waals surface area contributed by atoms with Crippen molar-refractivity contribution in [3.8, 4) is 5.75 Å². The fourth-order valence-corrected chi connectivity index (χ4v) is 7.55. The zero-order valence-corrected chi connectivity index (χ0v) is 38.8. The molecule has 0 spiro atoms. The molecule has 326 valence electrons. The molecule has 0 saturated heterocycles. The molecule has 0 aliphatic carbocycles. The summed E-state index contributed by atoms with van der Waals surface area (Å²) in [6.07, 6.45) is 7.07. The fraction of sp³-hybridized carbons (Fsp3) is 0.617. The van der Waals surface area contributed by atoms with Gasteiger partial charge in [-0.05, 0) is 72.3 Å². The van der Waals surface area contributed by atoms with Crippen LogP contribution in [0.1, 0.15) is 97.8 Å². The molecule has 4 atom stereocenters. The highest BCUT2D eigenvalue weighted by atomic mass is 28.4. The molecule has 0 bridgehead atoms. The lowest BCUT2D eigenvalue weighted by atomic mass is 9.76. The molecular weight excluding hydrogens is 753 g/mol. The van der Waals surface area contributed by atoms with Crippen molar-refractivity contribution in [2.45, 2.75) is 136 Å². The molecule has 11 heteroatoms. The molecular formula is C47H74O10Si. The van der Waals surface area contributed by atoms with E-state index in [2.05, 4.69) is 79.8 Å². The van der Waals surface area contributed by atoms with E-state index < -0.39 is 25.8 Å². The summed E-state index contributed by atoms with van der Waals surface area (Å²) in [6.45, 7) is 23.7. The molecule has 0 aromatic heterocycles. The highest BCUT2D eigenvalue weighted by Crippen LogP contribution is 2.41. The number of benzene rings is 2. The Morgan fingerprint density at radius 2 is 1.59 bits per heavy atom. The molecule has 4 unspecified atom stereocenters. The van der Waals surface area contributed by atoms with Crippen LogP contribution in [0.3, 0.4) is 0 Å². The van der Waals surface area contributed by atoms with E-state index in [9.17, 15) is 9.59 Å². The topological polar surface area (TPSA) is 108 Å². The van der Waals surface area contributed by atoms with E-state index >= 15 is 0 Å². The summed E-state index contributed by atoms with van der Waals surface area (Å²) in [5.41, 5.74) is 3.58. The molecule has 2 rings (SSSR count). The van der Waals surface area contributed by atoms with Crippen molar-refractivity contribution in [1.29, 1.82) is 0 Å². The van der Waals surface area contributed by atoms with Crippen LogP contribution >= 0.6 is 0 Å². The highest BCUT2D eigenvalue weighted by Gasteiger charge is 2.43. The van der Waals surface area contributed by atoms with Crippen molar-refractivity contribution < 1.29 is 47.2 Å². The van der Waals surface area contributed by atoms with E-state index in [-0.39, 0.29) is 42.3 Å². The first kappa shape index (κ1) is 50.8. The monoisotopic (exact) mass is 827 g/mol. The highest BCUT2D eigenvalue weighted by molar-refractivity contribution is 6.74. The van der Waals surface area contributed by atoms with Gasteiger partial charge in [0.1, 0.15) is 18.6 Å². The van der Waals surface area contributed by atoms with Gasteiger partial charge < -0.3 is 37.6 Å². The van der Waals surface area contributed by atoms with Gasteiger partial charge in [0.25, 0.3) is 0 Å². The van der Waals surface area contributed by atoms with Crippen LogP contribution in [-0.4, -0.2) is 86.5 Å². The Balaban J connectivity index is 2.59. The Hall–Kier alpha value is -3.32. The normalized spacial score (nSPS) is 14.9. The lowest BCUT2D eigenvalue weighted by Gasteiger charge is -2.43. The van der Waals surface area contributed by atoms with Crippen LogP contribution in [-0.2, 0) is 60.9 Å². The first-order valence-electron chi connectivity index (χ1n) is 20.7. The first-order chi connectivity index (χ1) is 27.4. The van der Waals surface area contributed by atoms with E-state index in [0.717, 1.165) is 34.4 Å². The minimum atomic E-state index is -2.35. The maximum absolute atomic E-state index is 13.2. The number of methoxy groups -OCH3 is 3. The van der Waals surface area contributed by atoms with Gasteiger partial charge in [-0.15, -0.1) is 0 Å².